The number of hydrogen-bond acceptors (Lipinski definition) is 5. The van der Waals surface area contributed by atoms with E-state index in [4.69, 9.17) is 0 Å². The highest BCUT2D eigenvalue weighted by molar-refractivity contribution is 5.96. The Kier molecular flexibility index (Phi) is 4.61. The van der Waals surface area contributed by atoms with E-state index in [0.717, 1.165) is 44.1 Å². The van der Waals surface area contributed by atoms with Crippen molar-refractivity contribution in [3.8, 4) is 0 Å². The van der Waals surface area contributed by atoms with Crippen molar-refractivity contribution in [1.82, 2.24) is 29.9 Å². The van der Waals surface area contributed by atoms with Gasteiger partial charge in [0.05, 0.1) is 6.54 Å². The third-order valence-electron chi connectivity index (χ3n) is 4.51. The van der Waals surface area contributed by atoms with Gasteiger partial charge in [-0.25, -0.2) is 14.5 Å². The van der Waals surface area contributed by atoms with Gasteiger partial charge in [0.25, 0.3) is 0 Å². The molecule has 3 heterocycles. The van der Waals surface area contributed by atoms with Crippen LogP contribution in [-0.4, -0.2) is 69.2 Å². The number of carbonyl (C=O) groups is 2. The Bertz CT molecular complexity index is 599. The lowest BCUT2D eigenvalue weighted by Crippen LogP contribution is -2.45. The summed E-state index contributed by atoms with van der Waals surface area (Å²) in [7, 11) is 0. The molecule has 3 rings (SSSR count). The largest absolute Gasteiger partial charge is 0.336 e. The van der Waals surface area contributed by atoms with Crippen LogP contribution in [0.2, 0.25) is 0 Å². The van der Waals surface area contributed by atoms with E-state index < -0.39 is 0 Å². The van der Waals surface area contributed by atoms with Crippen LogP contribution in [0.25, 0.3) is 0 Å². The summed E-state index contributed by atoms with van der Waals surface area (Å²) in [5, 5.41) is 7.09. The number of carbonyl (C=O) groups excluding carboxylic acids is 2. The summed E-state index contributed by atoms with van der Waals surface area (Å²) >= 11 is 0. The van der Waals surface area contributed by atoms with Gasteiger partial charge in [-0.05, 0) is 39.2 Å². The van der Waals surface area contributed by atoms with E-state index in [2.05, 4.69) is 20.3 Å². The van der Waals surface area contributed by atoms with Gasteiger partial charge in [-0.2, -0.15) is 5.10 Å². The molecule has 0 bridgehead atoms. The second-order valence-corrected chi connectivity index (χ2v) is 6.41. The second-order valence-electron chi connectivity index (χ2n) is 6.41. The van der Waals surface area contributed by atoms with Gasteiger partial charge >= 0.3 is 6.03 Å². The van der Waals surface area contributed by atoms with Crippen molar-refractivity contribution in [2.45, 2.75) is 33.2 Å². The molecule has 0 unspecified atom stereocenters. The molecule has 0 aromatic carbocycles. The quantitative estimate of drug-likeness (QED) is 0.854. The van der Waals surface area contributed by atoms with Crippen molar-refractivity contribution in [1.29, 1.82) is 0 Å². The van der Waals surface area contributed by atoms with Gasteiger partial charge in [-0.15, -0.1) is 0 Å². The fourth-order valence-corrected chi connectivity index (χ4v) is 3.41. The molecule has 0 saturated carbocycles. The minimum Gasteiger partial charge on any atom is -0.336 e. The molecule has 0 aliphatic carbocycles. The molecule has 2 saturated heterocycles. The summed E-state index contributed by atoms with van der Waals surface area (Å²) in [5.74, 6) is 2.09. The minimum atomic E-state index is -0.266. The fraction of sp³-hybridized carbons (Fsp3) is 0.733. The SMILES string of the molecule is Cc1nc(C)n(C[C@H]2CCCN(CC(=O)N3CCNC3=O)C2)n1. The predicted octanol–water partition coefficient (Wildman–Crippen LogP) is 0.159. The molecule has 3 amide bonds. The van der Waals surface area contributed by atoms with Crippen LogP contribution in [0.5, 0.6) is 0 Å². The van der Waals surface area contributed by atoms with Crippen LogP contribution in [-0.2, 0) is 11.3 Å². The van der Waals surface area contributed by atoms with E-state index in [1.54, 1.807) is 0 Å². The van der Waals surface area contributed by atoms with Gasteiger partial charge in [0.15, 0.2) is 0 Å². The molecule has 0 spiro atoms. The summed E-state index contributed by atoms with van der Waals surface area (Å²) in [5.41, 5.74) is 0. The van der Waals surface area contributed by atoms with E-state index in [9.17, 15) is 9.59 Å². The van der Waals surface area contributed by atoms with Crippen molar-refractivity contribution in [2.24, 2.45) is 5.92 Å². The Morgan fingerprint density at radius 1 is 1.35 bits per heavy atom. The predicted molar refractivity (Wildman–Crippen MR) is 83.8 cm³/mol. The van der Waals surface area contributed by atoms with Gasteiger partial charge in [0.2, 0.25) is 5.91 Å². The maximum absolute atomic E-state index is 12.2. The van der Waals surface area contributed by atoms with Gasteiger partial charge in [0.1, 0.15) is 11.6 Å². The van der Waals surface area contributed by atoms with Crippen molar-refractivity contribution in [3.63, 3.8) is 0 Å². The zero-order valence-corrected chi connectivity index (χ0v) is 13.8. The van der Waals surface area contributed by atoms with Crippen LogP contribution in [0.4, 0.5) is 4.79 Å². The molecule has 0 radical (unpaired) electrons. The van der Waals surface area contributed by atoms with E-state index >= 15 is 0 Å². The molecule has 23 heavy (non-hydrogen) atoms. The van der Waals surface area contributed by atoms with Crippen LogP contribution in [0.3, 0.4) is 0 Å². The van der Waals surface area contributed by atoms with Crippen LogP contribution in [0.15, 0.2) is 0 Å². The Morgan fingerprint density at radius 3 is 2.83 bits per heavy atom. The lowest BCUT2D eigenvalue weighted by atomic mass is 9.98. The molecular formula is C15H24N6O2. The number of imide groups is 1. The summed E-state index contributed by atoms with van der Waals surface area (Å²) in [6.07, 6.45) is 2.20. The summed E-state index contributed by atoms with van der Waals surface area (Å²) in [4.78, 5) is 31.6. The highest BCUT2D eigenvalue weighted by atomic mass is 16.2. The van der Waals surface area contributed by atoms with Crippen molar-refractivity contribution in [3.05, 3.63) is 11.6 Å². The molecule has 1 aromatic rings. The zero-order valence-electron chi connectivity index (χ0n) is 13.8. The first-order chi connectivity index (χ1) is 11.0. The first-order valence-corrected chi connectivity index (χ1v) is 8.21. The van der Waals surface area contributed by atoms with Crippen LogP contribution in [0, 0.1) is 19.8 Å². The van der Waals surface area contributed by atoms with Crippen molar-refractivity contribution in [2.75, 3.05) is 32.7 Å². The first kappa shape index (κ1) is 15.9. The number of nitrogens with zero attached hydrogens (tertiary/aromatic N) is 5. The number of likely N-dealkylation sites (tertiary alicyclic amines) is 1. The first-order valence-electron chi connectivity index (χ1n) is 8.21. The topological polar surface area (TPSA) is 83.4 Å². The van der Waals surface area contributed by atoms with Crippen LogP contribution < -0.4 is 5.32 Å². The van der Waals surface area contributed by atoms with E-state index in [0.29, 0.717) is 25.6 Å². The number of urea groups is 1. The molecule has 126 valence electrons. The summed E-state index contributed by atoms with van der Waals surface area (Å²) < 4.78 is 1.96. The summed E-state index contributed by atoms with van der Waals surface area (Å²) in [6, 6.07) is -0.266. The lowest BCUT2D eigenvalue weighted by molar-refractivity contribution is -0.129. The van der Waals surface area contributed by atoms with Gasteiger partial charge < -0.3 is 5.32 Å². The van der Waals surface area contributed by atoms with E-state index in [-0.39, 0.29) is 11.9 Å². The Hall–Kier alpha value is -1.96. The number of aryl methyl sites for hydroxylation is 2. The summed E-state index contributed by atoms with van der Waals surface area (Å²) in [6.45, 7) is 7.82. The number of nitrogens with one attached hydrogen (secondary N) is 1. The fourth-order valence-electron chi connectivity index (χ4n) is 3.41. The molecule has 8 nitrogen and oxygen atoms in total. The molecule has 1 atom stereocenters. The monoisotopic (exact) mass is 320 g/mol. The normalized spacial score (nSPS) is 22.4. The molecule has 1 N–H and O–H groups in total. The molecule has 8 heteroatoms. The number of amides is 3. The maximum atomic E-state index is 12.2. The zero-order chi connectivity index (χ0) is 16.4. The van der Waals surface area contributed by atoms with E-state index in [1.165, 1.54) is 4.90 Å². The highest BCUT2D eigenvalue weighted by Crippen LogP contribution is 2.19. The minimum absolute atomic E-state index is 0.103. The van der Waals surface area contributed by atoms with E-state index in [1.807, 2.05) is 18.5 Å². The molecule has 2 fully saturated rings. The van der Waals surface area contributed by atoms with Gasteiger partial charge in [0, 0.05) is 26.2 Å². The number of piperidine rings is 1. The third-order valence-corrected chi connectivity index (χ3v) is 4.51. The van der Waals surface area contributed by atoms with Crippen molar-refractivity contribution >= 4 is 11.9 Å². The number of rotatable bonds is 4. The number of aromatic nitrogens is 3. The van der Waals surface area contributed by atoms with Gasteiger partial charge in [-0.3, -0.25) is 14.6 Å². The third kappa shape index (κ3) is 3.69. The highest BCUT2D eigenvalue weighted by Gasteiger charge is 2.29. The van der Waals surface area contributed by atoms with Gasteiger partial charge in [-0.1, -0.05) is 0 Å². The maximum Gasteiger partial charge on any atom is 0.324 e. The average Bonchev–Trinajstić information content (AvgIpc) is 3.05. The molecule has 1 aromatic heterocycles. The van der Waals surface area contributed by atoms with Crippen LogP contribution >= 0.6 is 0 Å². The van der Waals surface area contributed by atoms with Crippen LogP contribution in [0.1, 0.15) is 24.5 Å². The Balaban J connectivity index is 1.54. The molecular weight excluding hydrogens is 296 g/mol. The Morgan fingerprint density at radius 2 is 2.17 bits per heavy atom. The second kappa shape index (κ2) is 6.66. The Labute approximate surface area is 135 Å². The molecule has 2 aliphatic heterocycles. The molecule has 2 aliphatic rings. The number of hydrogen-bond donors (Lipinski definition) is 1. The lowest BCUT2D eigenvalue weighted by Gasteiger charge is -2.32. The smallest absolute Gasteiger partial charge is 0.324 e. The van der Waals surface area contributed by atoms with Crippen molar-refractivity contribution < 1.29 is 9.59 Å². The standard InChI is InChI=1S/C15H24N6O2/c1-11-17-12(2)21(18-11)9-13-4-3-6-19(8-13)10-14(22)20-7-5-16-15(20)23/h13H,3-10H2,1-2H3,(H,16,23)/t13-/m0/s1. The average molecular weight is 320 g/mol.